The Hall–Kier alpha value is -1.35. The van der Waals surface area contributed by atoms with Crippen LogP contribution in [0.4, 0.5) is 5.00 Å². The van der Waals surface area contributed by atoms with Gasteiger partial charge in [0.05, 0.1) is 5.01 Å². The van der Waals surface area contributed by atoms with Crippen molar-refractivity contribution in [2.45, 2.75) is 27.2 Å². The maximum absolute atomic E-state index is 6.04. The molecule has 2 N–H and O–H groups in total. The van der Waals surface area contributed by atoms with Crippen LogP contribution in [0.1, 0.15) is 23.1 Å². The van der Waals surface area contributed by atoms with E-state index in [-0.39, 0.29) is 0 Å². The molecule has 0 spiro atoms. The largest absolute Gasteiger partial charge is 0.389 e. The lowest BCUT2D eigenvalue weighted by molar-refractivity contribution is 1.09. The molecule has 0 aliphatic carbocycles. The van der Waals surface area contributed by atoms with Gasteiger partial charge in [-0.3, -0.25) is 0 Å². The molecule has 0 fully saturated rings. The molecule has 0 aliphatic rings. The van der Waals surface area contributed by atoms with Gasteiger partial charge in [0.2, 0.25) is 0 Å². The van der Waals surface area contributed by atoms with Gasteiger partial charge in [-0.1, -0.05) is 25.1 Å². The molecule has 0 aliphatic heterocycles. The number of aryl methyl sites for hydroxylation is 3. The molecule has 0 amide bonds. The zero-order valence-corrected chi connectivity index (χ0v) is 10.7. The van der Waals surface area contributed by atoms with Gasteiger partial charge in [-0.15, -0.1) is 11.3 Å². The molecule has 1 aromatic heterocycles. The van der Waals surface area contributed by atoms with E-state index >= 15 is 0 Å². The minimum atomic E-state index is 0.828. The van der Waals surface area contributed by atoms with Crippen LogP contribution in [0.3, 0.4) is 0 Å². The van der Waals surface area contributed by atoms with Gasteiger partial charge in [0.25, 0.3) is 0 Å². The molecule has 2 nitrogen and oxygen atoms in total. The monoisotopic (exact) mass is 232 g/mol. The molecule has 0 atom stereocenters. The Kier molecular flexibility index (Phi) is 2.97. The first kappa shape index (κ1) is 11.1. The van der Waals surface area contributed by atoms with Crippen molar-refractivity contribution in [3.8, 4) is 11.3 Å². The van der Waals surface area contributed by atoms with E-state index in [4.69, 9.17) is 5.73 Å². The summed E-state index contributed by atoms with van der Waals surface area (Å²) in [5, 5.41) is 1.93. The molecule has 0 bridgehead atoms. The van der Waals surface area contributed by atoms with E-state index in [9.17, 15) is 0 Å². The van der Waals surface area contributed by atoms with Crippen molar-refractivity contribution in [2.24, 2.45) is 0 Å². The fourth-order valence-electron chi connectivity index (χ4n) is 1.90. The summed E-state index contributed by atoms with van der Waals surface area (Å²) in [4.78, 5) is 4.61. The first-order valence-corrected chi connectivity index (χ1v) is 6.27. The molecule has 1 aromatic carbocycles. The third kappa shape index (κ3) is 1.83. The summed E-state index contributed by atoms with van der Waals surface area (Å²) in [7, 11) is 0. The maximum Gasteiger partial charge on any atom is 0.114 e. The van der Waals surface area contributed by atoms with Crippen molar-refractivity contribution < 1.29 is 0 Å². The number of rotatable bonds is 2. The second-order valence-electron chi connectivity index (χ2n) is 3.94. The standard InChI is InChI=1S/C13H16N2S/c1-4-10-15-12(13(14)16-10)11-8(2)6-5-7-9(11)3/h5-7H,4,14H2,1-3H3. The van der Waals surface area contributed by atoms with Crippen LogP contribution in [0.2, 0.25) is 0 Å². The Labute approximate surface area is 100 Å². The molecule has 2 aromatic rings. The van der Waals surface area contributed by atoms with Crippen LogP contribution in [-0.2, 0) is 6.42 Å². The molecule has 84 valence electrons. The molecule has 1 heterocycles. The molecule has 0 saturated carbocycles. The number of nitrogen functional groups attached to an aromatic ring is 1. The summed E-state index contributed by atoms with van der Waals surface area (Å²) in [5.41, 5.74) is 10.7. The van der Waals surface area contributed by atoms with Gasteiger partial charge in [0, 0.05) is 5.56 Å². The van der Waals surface area contributed by atoms with Crippen LogP contribution < -0.4 is 5.73 Å². The molecule has 0 unspecified atom stereocenters. The lowest BCUT2D eigenvalue weighted by atomic mass is 10.0. The first-order chi connectivity index (χ1) is 7.63. The number of benzene rings is 1. The van der Waals surface area contributed by atoms with E-state index < -0.39 is 0 Å². The SMILES string of the molecule is CCc1nc(-c2c(C)cccc2C)c(N)s1. The summed E-state index contributed by atoms with van der Waals surface area (Å²) in [6, 6.07) is 6.27. The molecular weight excluding hydrogens is 216 g/mol. The number of anilines is 1. The van der Waals surface area contributed by atoms with E-state index in [0.29, 0.717) is 0 Å². The Morgan fingerprint density at radius 3 is 2.38 bits per heavy atom. The summed E-state index contributed by atoms with van der Waals surface area (Å²) in [5.74, 6) is 0. The fourth-order valence-corrected chi connectivity index (χ4v) is 2.68. The number of hydrogen-bond acceptors (Lipinski definition) is 3. The van der Waals surface area contributed by atoms with Crippen molar-refractivity contribution in [3.63, 3.8) is 0 Å². The third-order valence-corrected chi connectivity index (χ3v) is 3.75. The summed E-state index contributed by atoms with van der Waals surface area (Å²) >= 11 is 1.59. The van der Waals surface area contributed by atoms with E-state index in [2.05, 4.69) is 44.0 Å². The first-order valence-electron chi connectivity index (χ1n) is 5.45. The van der Waals surface area contributed by atoms with E-state index in [1.165, 1.54) is 16.7 Å². The highest BCUT2D eigenvalue weighted by Gasteiger charge is 2.13. The second-order valence-corrected chi connectivity index (χ2v) is 5.06. The highest BCUT2D eigenvalue weighted by Crippen LogP contribution is 2.34. The minimum absolute atomic E-state index is 0.828. The van der Waals surface area contributed by atoms with Gasteiger partial charge in [-0.2, -0.15) is 0 Å². The van der Waals surface area contributed by atoms with Gasteiger partial charge in [0.15, 0.2) is 0 Å². The average molecular weight is 232 g/mol. The predicted molar refractivity (Wildman–Crippen MR) is 70.8 cm³/mol. The van der Waals surface area contributed by atoms with Crippen LogP contribution in [0.5, 0.6) is 0 Å². The second kappa shape index (κ2) is 4.26. The van der Waals surface area contributed by atoms with Crippen LogP contribution in [0, 0.1) is 13.8 Å². The van der Waals surface area contributed by atoms with Crippen molar-refractivity contribution in [3.05, 3.63) is 34.3 Å². The number of nitrogens with two attached hydrogens (primary N) is 1. The number of nitrogens with zero attached hydrogens (tertiary/aromatic N) is 1. The number of thiazole rings is 1. The van der Waals surface area contributed by atoms with Gasteiger partial charge in [-0.25, -0.2) is 4.98 Å². The van der Waals surface area contributed by atoms with Gasteiger partial charge in [-0.05, 0) is 31.4 Å². The highest BCUT2D eigenvalue weighted by atomic mass is 32.1. The quantitative estimate of drug-likeness (QED) is 0.859. The topological polar surface area (TPSA) is 38.9 Å². The summed E-state index contributed by atoms with van der Waals surface area (Å²) in [6.07, 6.45) is 0.944. The van der Waals surface area contributed by atoms with Crippen LogP contribution in [0.15, 0.2) is 18.2 Å². The lowest BCUT2D eigenvalue weighted by Crippen LogP contribution is -1.92. The molecule has 16 heavy (non-hydrogen) atoms. The predicted octanol–water partition coefficient (Wildman–Crippen LogP) is 3.57. The summed E-state index contributed by atoms with van der Waals surface area (Å²) in [6.45, 7) is 6.31. The molecular formula is C13H16N2S. The zero-order chi connectivity index (χ0) is 11.7. The van der Waals surface area contributed by atoms with Gasteiger partial charge >= 0.3 is 0 Å². The van der Waals surface area contributed by atoms with Crippen LogP contribution in [-0.4, -0.2) is 4.98 Å². The van der Waals surface area contributed by atoms with Crippen molar-refractivity contribution in [1.29, 1.82) is 0 Å². The molecule has 0 radical (unpaired) electrons. The molecule has 0 saturated heterocycles. The van der Waals surface area contributed by atoms with E-state index in [1.54, 1.807) is 11.3 Å². The smallest absolute Gasteiger partial charge is 0.114 e. The lowest BCUT2D eigenvalue weighted by Gasteiger charge is -2.07. The zero-order valence-electron chi connectivity index (χ0n) is 9.87. The Bertz CT molecular complexity index is 494. The van der Waals surface area contributed by atoms with Crippen molar-refractivity contribution >= 4 is 16.3 Å². The Morgan fingerprint density at radius 2 is 1.88 bits per heavy atom. The van der Waals surface area contributed by atoms with Crippen molar-refractivity contribution in [1.82, 2.24) is 4.98 Å². The van der Waals surface area contributed by atoms with Crippen LogP contribution in [0.25, 0.3) is 11.3 Å². The normalized spacial score (nSPS) is 10.7. The fraction of sp³-hybridized carbons (Fsp3) is 0.308. The maximum atomic E-state index is 6.04. The van der Waals surface area contributed by atoms with E-state index in [1.807, 2.05) is 0 Å². The summed E-state index contributed by atoms with van der Waals surface area (Å²) < 4.78 is 0. The third-order valence-electron chi connectivity index (χ3n) is 2.72. The Morgan fingerprint density at radius 1 is 1.25 bits per heavy atom. The molecule has 2 rings (SSSR count). The van der Waals surface area contributed by atoms with Gasteiger partial charge < -0.3 is 5.73 Å². The Balaban J connectivity index is 2.62. The highest BCUT2D eigenvalue weighted by molar-refractivity contribution is 7.16. The molecule has 3 heteroatoms. The van der Waals surface area contributed by atoms with E-state index in [0.717, 1.165) is 22.1 Å². The van der Waals surface area contributed by atoms with Crippen molar-refractivity contribution in [2.75, 3.05) is 5.73 Å². The number of hydrogen-bond donors (Lipinski definition) is 1. The average Bonchev–Trinajstić information content (AvgIpc) is 2.60. The van der Waals surface area contributed by atoms with Crippen LogP contribution >= 0.6 is 11.3 Å². The van der Waals surface area contributed by atoms with Gasteiger partial charge in [0.1, 0.15) is 10.7 Å². The number of aromatic nitrogens is 1. The minimum Gasteiger partial charge on any atom is -0.389 e.